The molecule has 1 aliphatic carbocycles. The lowest BCUT2D eigenvalue weighted by Crippen LogP contribution is -2.44. The Balaban J connectivity index is 2.06. The zero-order chi connectivity index (χ0) is 13.0. The van der Waals surface area contributed by atoms with Gasteiger partial charge in [0.05, 0.1) is 5.41 Å². The number of hydrogen-bond donors (Lipinski definition) is 2. The van der Waals surface area contributed by atoms with Gasteiger partial charge >= 0.3 is 0 Å². The third kappa shape index (κ3) is 2.70. The summed E-state index contributed by atoms with van der Waals surface area (Å²) in [5.41, 5.74) is 6.28. The van der Waals surface area contributed by atoms with Crippen molar-refractivity contribution in [1.82, 2.24) is 4.98 Å². The number of rotatable bonds is 3. The fourth-order valence-electron chi connectivity index (χ4n) is 2.54. The van der Waals surface area contributed by atoms with Gasteiger partial charge in [0.1, 0.15) is 0 Å². The van der Waals surface area contributed by atoms with Crippen molar-refractivity contribution in [3.63, 3.8) is 0 Å². The van der Waals surface area contributed by atoms with Crippen molar-refractivity contribution in [1.29, 1.82) is 0 Å². The molecular formula is C14H21N3O. The molecule has 0 saturated heterocycles. The fraction of sp³-hybridized carbons (Fsp3) is 0.571. The van der Waals surface area contributed by atoms with Crippen molar-refractivity contribution < 1.29 is 4.79 Å². The molecule has 18 heavy (non-hydrogen) atoms. The van der Waals surface area contributed by atoms with Gasteiger partial charge in [-0.3, -0.25) is 9.78 Å². The van der Waals surface area contributed by atoms with Gasteiger partial charge < -0.3 is 11.1 Å². The van der Waals surface area contributed by atoms with Gasteiger partial charge in [0.25, 0.3) is 0 Å². The van der Waals surface area contributed by atoms with E-state index in [1.165, 1.54) is 0 Å². The quantitative estimate of drug-likeness (QED) is 0.860. The van der Waals surface area contributed by atoms with Gasteiger partial charge in [0.2, 0.25) is 5.91 Å². The number of carbonyl (C=O) groups is 1. The lowest BCUT2D eigenvalue weighted by molar-refractivity contribution is -0.127. The molecule has 2 rings (SSSR count). The number of pyridine rings is 1. The molecule has 1 aromatic heterocycles. The molecule has 1 aliphatic rings. The second-order valence-electron chi connectivity index (χ2n) is 5.36. The van der Waals surface area contributed by atoms with E-state index in [0.29, 0.717) is 12.5 Å². The van der Waals surface area contributed by atoms with E-state index in [0.717, 1.165) is 31.4 Å². The number of carbonyl (C=O) groups excluding carboxylic acids is 1. The molecular weight excluding hydrogens is 226 g/mol. The number of hydrogen-bond acceptors (Lipinski definition) is 3. The monoisotopic (exact) mass is 247 g/mol. The van der Waals surface area contributed by atoms with Gasteiger partial charge in [-0.25, -0.2) is 0 Å². The minimum absolute atomic E-state index is 0.0584. The molecule has 1 fully saturated rings. The van der Waals surface area contributed by atoms with Crippen LogP contribution in [0.25, 0.3) is 0 Å². The summed E-state index contributed by atoms with van der Waals surface area (Å²) in [6, 6.07) is 3.60. The first-order valence-electron chi connectivity index (χ1n) is 6.58. The lowest BCUT2D eigenvalue weighted by atomic mass is 9.70. The molecule has 3 N–H and O–H groups in total. The third-order valence-electron chi connectivity index (χ3n) is 4.04. The average molecular weight is 247 g/mol. The summed E-state index contributed by atoms with van der Waals surface area (Å²) in [5, 5.41) is 2.96. The number of nitrogens with zero attached hydrogens (tertiary/aromatic N) is 1. The molecule has 0 aromatic carbocycles. The summed E-state index contributed by atoms with van der Waals surface area (Å²) >= 11 is 0. The topological polar surface area (TPSA) is 68.0 Å². The lowest BCUT2D eigenvalue weighted by Gasteiger charge is -2.37. The first kappa shape index (κ1) is 13.0. The highest BCUT2D eigenvalue weighted by molar-refractivity contribution is 5.95. The van der Waals surface area contributed by atoms with Gasteiger partial charge in [0.15, 0.2) is 0 Å². The van der Waals surface area contributed by atoms with Gasteiger partial charge in [-0.15, -0.1) is 0 Å². The van der Waals surface area contributed by atoms with Crippen LogP contribution in [-0.4, -0.2) is 17.4 Å². The predicted octanol–water partition coefficient (Wildman–Crippen LogP) is 2.18. The summed E-state index contributed by atoms with van der Waals surface area (Å²) < 4.78 is 0. The first-order chi connectivity index (χ1) is 8.66. The Morgan fingerprint density at radius 1 is 1.44 bits per heavy atom. The maximum absolute atomic E-state index is 12.4. The van der Waals surface area contributed by atoms with Crippen molar-refractivity contribution in [2.24, 2.45) is 17.1 Å². The van der Waals surface area contributed by atoms with Crippen molar-refractivity contribution in [2.45, 2.75) is 32.6 Å². The third-order valence-corrected chi connectivity index (χ3v) is 4.04. The van der Waals surface area contributed by atoms with Crippen molar-refractivity contribution in [2.75, 3.05) is 11.9 Å². The Kier molecular flexibility index (Phi) is 3.97. The van der Waals surface area contributed by atoms with Crippen LogP contribution in [0.5, 0.6) is 0 Å². The van der Waals surface area contributed by atoms with E-state index < -0.39 is 0 Å². The molecule has 4 nitrogen and oxygen atoms in total. The summed E-state index contributed by atoms with van der Waals surface area (Å²) in [4.78, 5) is 16.4. The number of anilines is 1. The van der Waals surface area contributed by atoms with Gasteiger partial charge in [-0.05, 0) is 43.7 Å². The molecule has 0 unspecified atom stereocenters. The SMILES string of the molecule is CC1CCC(CN)(C(=O)Nc2ccncc2)CC1. The molecule has 4 heteroatoms. The summed E-state index contributed by atoms with van der Waals surface area (Å²) in [7, 11) is 0. The van der Waals surface area contributed by atoms with Crippen LogP contribution in [0.4, 0.5) is 5.69 Å². The first-order valence-corrected chi connectivity index (χ1v) is 6.58. The second kappa shape index (κ2) is 5.48. The van der Waals surface area contributed by atoms with E-state index in [2.05, 4.69) is 17.2 Å². The molecule has 0 aliphatic heterocycles. The van der Waals surface area contributed by atoms with E-state index in [4.69, 9.17) is 5.73 Å². The summed E-state index contributed by atoms with van der Waals surface area (Å²) in [5.74, 6) is 0.765. The largest absolute Gasteiger partial charge is 0.329 e. The van der Waals surface area contributed by atoms with Gasteiger partial charge in [0, 0.05) is 24.6 Å². The van der Waals surface area contributed by atoms with Crippen LogP contribution >= 0.6 is 0 Å². The van der Waals surface area contributed by atoms with Crippen molar-refractivity contribution in [3.05, 3.63) is 24.5 Å². The van der Waals surface area contributed by atoms with Crippen LogP contribution in [-0.2, 0) is 4.79 Å². The minimum Gasteiger partial charge on any atom is -0.329 e. The maximum Gasteiger partial charge on any atom is 0.231 e. The standard InChI is InChI=1S/C14H21N3O/c1-11-2-6-14(10-15,7-3-11)13(18)17-12-4-8-16-9-5-12/h4-5,8-9,11H,2-3,6-7,10,15H2,1H3,(H,16,17,18). The zero-order valence-corrected chi connectivity index (χ0v) is 10.9. The Morgan fingerprint density at radius 2 is 2.06 bits per heavy atom. The fourth-order valence-corrected chi connectivity index (χ4v) is 2.54. The van der Waals surface area contributed by atoms with E-state index in [1.807, 2.05) is 0 Å². The number of nitrogens with one attached hydrogen (secondary N) is 1. The number of nitrogens with two attached hydrogens (primary N) is 1. The van der Waals surface area contributed by atoms with E-state index in [-0.39, 0.29) is 11.3 Å². The van der Waals surface area contributed by atoms with Crippen molar-refractivity contribution >= 4 is 11.6 Å². The van der Waals surface area contributed by atoms with Crippen molar-refractivity contribution in [3.8, 4) is 0 Å². The highest BCUT2D eigenvalue weighted by atomic mass is 16.2. The molecule has 0 radical (unpaired) electrons. The molecule has 0 atom stereocenters. The summed E-state index contributed by atoms with van der Waals surface area (Å²) in [6.07, 6.45) is 7.30. The Hall–Kier alpha value is -1.42. The highest BCUT2D eigenvalue weighted by Gasteiger charge is 2.39. The predicted molar refractivity (Wildman–Crippen MR) is 72.0 cm³/mol. The summed E-state index contributed by atoms with van der Waals surface area (Å²) in [6.45, 7) is 2.66. The minimum atomic E-state index is -0.379. The normalized spacial score (nSPS) is 27.8. The van der Waals surface area contributed by atoms with Crippen LogP contribution in [0, 0.1) is 11.3 Å². The molecule has 1 heterocycles. The smallest absolute Gasteiger partial charge is 0.231 e. The number of aromatic nitrogens is 1. The Morgan fingerprint density at radius 3 is 2.61 bits per heavy atom. The van der Waals surface area contributed by atoms with Crippen LogP contribution in [0.15, 0.2) is 24.5 Å². The van der Waals surface area contributed by atoms with Gasteiger partial charge in [-0.1, -0.05) is 6.92 Å². The highest BCUT2D eigenvalue weighted by Crippen LogP contribution is 2.38. The molecule has 98 valence electrons. The number of amides is 1. The second-order valence-corrected chi connectivity index (χ2v) is 5.36. The van der Waals surface area contributed by atoms with E-state index >= 15 is 0 Å². The molecule has 0 spiro atoms. The van der Waals surface area contributed by atoms with E-state index in [9.17, 15) is 4.79 Å². The molecule has 1 saturated carbocycles. The Labute approximate surface area is 108 Å². The van der Waals surface area contributed by atoms with Crippen LogP contribution in [0.2, 0.25) is 0 Å². The van der Waals surface area contributed by atoms with E-state index in [1.54, 1.807) is 24.5 Å². The molecule has 1 aromatic rings. The van der Waals surface area contributed by atoms with Crippen LogP contribution in [0.3, 0.4) is 0 Å². The van der Waals surface area contributed by atoms with Crippen LogP contribution in [0.1, 0.15) is 32.6 Å². The van der Waals surface area contributed by atoms with Gasteiger partial charge in [-0.2, -0.15) is 0 Å². The average Bonchev–Trinajstić information content (AvgIpc) is 2.41. The molecule has 0 bridgehead atoms. The Bertz CT molecular complexity index is 397. The molecule has 1 amide bonds. The van der Waals surface area contributed by atoms with Crippen LogP contribution < -0.4 is 11.1 Å². The maximum atomic E-state index is 12.4. The zero-order valence-electron chi connectivity index (χ0n) is 10.9.